The predicted octanol–water partition coefficient (Wildman–Crippen LogP) is 3.14. The fraction of sp³-hybridized carbons (Fsp3) is 0.100. The summed E-state index contributed by atoms with van der Waals surface area (Å²) < 4.78 is 6.75. The van der Waals surface area contributed by atoms with E-state index in [1.165, 1.54) is 7.11 Å². The van der Waals surface area contributed by atoms with Gasteiger partial charge in [-0.05, 0) is 19.1 Å². The summed E-state index contributed by atoms with van der Waals surface area (Å²) in [6.45, 7) is 1.97. The molecular formula is C20H17N5O2. The minimum absolute atomic E-state index is 0.00497. The molecule has 134 valence electrons. The zero-order valence-corrected chi connectivity index (χ0v) is 14.9. The highest BCUT2D eigenvalue weighted by molar-refractivity contribution is 5.94. The molecule has 0 bridgehead atoms. The normalized spacial score (nSPS) is 10.9. The molecule has 1 aromatic carbocycles. The van der Waals surface area contributed by atoms with Crippen LogP contribution in [-0.2, 0) is 4.74 Å². The molecule has 0 aliphatic carbocycles. The number of rotatable bonds is 3. The Kier molecular flexibility index (Phi) is 4.04. The number of pyridine rings is 1. The summed E-state index contributed by atoms with van der Waals surface area (Å²) in [5.74, 6) is -0.593. The van der Waals surface area contributed by atoms with E-state index in [4.69, 9.17) is 10.5 Å². The van der Waals surface area contributed by atoms with Crippen molar-refractivity contribution in [3.63, 3.8) is 0 Å². The quantitative estimate of drug-likeness (QED) is 0.565. The Balaban J connectivity index is 2.00. The second-order valence-electron chi connectivity index (χ2n) is 6.06. The van der Waals surface area contributed by atoms with E-state index in [2.05, 4.69) is 15.0 Å². The van der Waals surface area contributed by atoms with Crippen molar-refractivity contribution in [2.24, 2.45) is 0 Å². The van der Waals surface area contributed by atoms with E-state index < -0.39 is 5.97 Å². The lowest BCUT2D eigenvalue weighted by atomic mass is 10.0. The molecule has 0 aliphatic heterocycles. The van der Waals surface area contributed by atoms with Gasteiger partial charge >= 0.3 is 5.97 Å². The molecule has 0 saturated carbocycles. The number of esters is 1. The molecular weight excluding hydrogens is 342 g/mol. The van der Waals surface area contributed by atoms with Crippen LogP contribution in [0.25, 0.3) is 28.2 Å². The van der Waals surface area contributed by atoms with Crippen molar-refractivity contribution in [1.82, 2.24) is 19.4 Å². The average molecular weight is 359 g/mol. The summed E-state index contributed by atoms with van der Waals surface area (Å²) in [6, 6.07) is 13.4. The van der Waals surface area contributed by atoms with Gasteiger partial charge in [0.25, 0.3) is 0 Å². The molecule has 7 heteroatoms. The smallest absolute Gasteiger partial charge is 0.360 e. The first-order valence-corrected chi connectivity index (χ1v) is 8.34. The maximum Gasteiger partial charge on any atom is 0.360 e. The van der Waals surface area contributed by atoms with E-state index in [1.54, 1.807) is 6.20 Å². The van der Waals surface area contributed by atoms with E-state index in [-0.39, 0.29) is 11.5 Å². The minimum atomic E-state index is -0.624. The molecule has 4 rings (SSSR count). The number of carbonyl (C=O) groups is 1. The van der Waals surface area contributed by atoms with Gasteiger partial charge in [-0.1, -0.05) is 30.3 Å². The molecule has 3 heterocycles. The van der Waals surface area contributed by atoms with Gasteiger partial charge in [-0.25, -0.2) is 19.7 Å². The zero-order chi connectivity index (χ0) is 19.0. The van der Waals surface area contributed by atoms with Crippen molar-refractivity contribution < 1.29 is 9.53 Å². The number of nitrogens with zero attached hydrogens (tertiary/aromatic N) is 4. The Morgan fingerprint density at radius 1 is 1.04 bits per heavy atom. The molecule has 0 saturated heterocycles. The predicted molar refractivity (Wildman–Crippen MR) is 102 cm³/mol. The van der Waals surface area contributed by atoms with Crippen LogP contribution in [0.15, 0.2) is 54.9 Å². The summed E-state index contributed by atoms with van der Waals surface area (Å²) in [5.41, 5.74) is 10.6. The molecule has 0 spiro atoms. The largest absolute Gasteiger partial charge is 0.464 e. The number of anilines is 1. The van der Waals surface area contributed by atoms with Gasteiger partial charge in [0.1, 0.15) is 5.65 Å². The van der Waals surface area contributed by atoms with E-state index in [9.17, 15) is 4.79 Å². The minimum Gasteiger partial charge on any atom is -0.464 e. The Morgan fingerprint density at radius 3 is 2.52 bits per heavy atom. The third-order valence-electron chi connectivity index (χ3n) is 4.31. The van der Waals surface area contributed by atoms with Gasteiger partial charge in [0.15, 0.2) is 11.5 Å². The van der Waals surface area contributed by atoms with Crippen LogP contribution in [0.3, 0.4) is 0 Å². The number of imidazole rings is 1. The fourth-order valence-corrected chi connectivity index (χ4v) is 2.94. The van der Waals surface area contributed by atoms with Crippen LogP contribution in [0.1, 0.15) is 16.2 Å². The van der Waals surface area contributed by atoms with Crippen molar-refractivity contribution in [2.75, 3.05) is 12.8 Å². The van der Waals surface area contributed by atoms with Crippen LogP contribution in [0.4, 0.5) is 5.82 Å². The highest BCUT2D eigenvalue weighted by atomic mass is 16.5. The lowest BCUT2D eigenvalue weighted by Gasteiger charge is -2.12. The Morgan fingerprint density at radius 2 is 1.78 bits per heavy atom. The number of aromatic nitrogens is 4. The number of nitrogen functional groups attached to an aromatic ring is 1. The fourth-order valence-electron chi connectivity index (χ4n) is 2.94. The van der Waals surface area contributed by atoms with Crippen molar-refractivity contribution in [1.29, 1.82) is 0 Å². The third-order valence-corrected chi connectivity index (χ3v) is 4.31. The van der Waals surface area contributed by atoms with Crippen molar-refractivity contribution in [3.8, 4) is 22.5 Å². The van der Waals surface area contributed by atoms with Gasteiger partial charge in [0, 0.05) is 29.2 Å². The van der Waals surface area contributed by atoms with Crippen molar-refractivity contribution in [2.45, 2.75) is 6.92 Å². The zero-order valence-electron chi connectivity index (χ0n) is 14.9. The number of aryl methyl sites for hydroxylation is 1. The summed E-state index contributed by atoms with van der Waals surface area (Å²) in [6.07, 6.45) is 3.72. The molecule has 0 amide bonds. The van der Waals surface area contributed by atoms with Crippen molar-refractivity contribution >= 4 is 17.4 Å². The molecule has 0 atom stereocenters. The lowest BCUT2D eigenvalue weighted by Crippen LogP contribution is -2.12. The summed E-state index contributed by atoms with van der Waals surface area (Å²) in [7, 11) is 1.29. The SMILES string of the molecule is COC(=O)c1nc(-c2ccc3ncc(C)n3c2)c(-c2ccccc2)nc1N. The number of hydrogen-bond acceptors (Lipinski definition) is 6. The maximum absolute atomic E-state index is 12.1. The molecule has 27 heavy (non-hydrogen) atoms. The number of ether oxygens (including phenoxy) is 1. The number of nitrogens with two attached hydrogens (primary N) is 1. The van der Waals surface area contributed by atoms with Gasteiger partial charge in [-0.3, -0.25) is 0 Å². The molecule has 2 N–H and O–H groups in total. The lowest BCUT2D eigenvalue weighted by molar-refractivity contribution is 0.0595. The maximum atomic E-state index is 12.1. The molecule has 0 radical (unpaired) electrons. The van der Waals surface area contributed by atoms with Crippen LogP contribution >= 0.6 is 0 Å². The van der Waals surface area contributed by atoms with Gasteiger partial charge in [-0.2, -0.15) is 0 Å². The topological polar surface area (TPSA) is 95.4 Å². The number of hydrogen-bond donors (Lipinski definition) is 1. The van der Waals surface area contributed by atoms with Gasteiger partial charge in [-0.15, -0.1) is 0 Å². The van der Waals surface area contributed by atoms with Crippen LogP contribution in [0.5, 0.6) is 0 Å². The van der Waals surface area contributed by atoms with E-state index in [1.807, 2.05) is 60.0 Å². The molecule has 7 nitrogen and oxygen atoms in total. The van der Waals surface area contributed by atoms with Crippen LogP contribution < -0.4 is 5.73 Å². The molecule has 0 unspecified atom stereocenters. The number of benzene rings is 1. The standard InChI is InChI=1S/C20H17N5O2/c1-12-10-22-15-9-8-14(11-25(12)15)17-16(13-6-4-3-5-7-13)24-19(21)18(23-17)20(26)27-2/h3-11H,1-2H3,(H2,21,24). The summed E-state index contributed by atoms with van der Waals surface area (Å²) in [4.78, 5) is 25.4. The van der Waals surface area contributed by atoms with E-state index in [0.29, 0.717) is 11.4 Å². The molecule has 3 aromatic heterocycles. The van der Waals surface area contributed by atoms with Crippen molar-refractivity contribution in [3.05, 3.63) is 66.2 Å². The highest BCUT2D eigenvalue weighted by Crippen LogP contribution is 2.31. The summed E-state index contributed by atoms with van der Waals surface area (Å²) in [5, 5.41) is 0. The number of carbonyl (C=O) groups excluding carboxylic acids is 1. The molecule has 0 fully saturated rings. The van der Waals surface area contributed by atoms with Gasteiger partial charge in [0.05, 0.1) is 18.5 Å². The average Bonchev–Trinajstić information content (AvgIpc) is 3.08. The molecule has 0 aliphatic rings. The first-order chi connectivity index (χ1) is 13.1. The Bertz CT molecular complexity index is 1150. The van der Waals surface area contributed by atoms with E-state index >= 15 is 0 Å². The number of fused-ring (bicyclic) bond motifs is 1. The second-order valence-corrected chi connectivity index (χ2v) is 6.06. The van der Waals surface area contributed by atoms with Crippen LogP contribution in [0.2, 0.25) is 0 Å². The summed E-state index contributed by atoms with van der Waals surface area (Å²) >= 11 is 0. The van der Waals surface area contributed by atoms with Crippen LogP contribution in [-0.4, -0.2) is 32.4 Å². The monoisotopic (exact) mass is 359 g/mol. The third kappa shape index (κ3) is 2.89. The second kappa shape index (κ2) is 6.53. The van der Waals surface area contributed by atoms with Gasteiger partial charge in [0.2, 0.25) is 0 Å². The Labute approximate surface area is 155 Å². The first kappa shape index (κ1) is 16.7. The Hall–Kier alpha value is -3.74. The highest BCUT2D eigenvalue weighted by Gasteiger charge is 2.20. The van der Waals surface area contributed by atoms with Crippen LogP contribution in [0, 0.1) is 6.92 Å². The first-order valence-electron chi connectivity index (χ1n) is 8.34. The van der Waals surface area contributed by atoms with Gasteiger partial charge < -0.3 is 14.9 Å². The van der Waals surface area contributed by atoms with E-state index in [0.717, 1.165) is 22.5 Å². The number of methoxy groups -OCH3 is 1. The molecule has 4 aromatic rings.